The fourth-order valence-electron chi connectivity index (χ4n) is 3.82. The third kappa shape index (κ3) is 23.6. The number of carbonyl (C=O) groups excluding carboxylic acids is 1. The van der Waals surface area contributed by atoms with Crippen molar-refractivity contribution in [1.29, 1.82) is 0 Å². The van der Waals surface area contributed by atoms with Crippen molar-refractivity contribution < 1.29 is 14.6 Å². The first-order valence-electron chi connectivity index (χ1n) is 13.4. The summed E-state index contributed by atoms with van der Waals surface area (Å²) in [6.07, 6.45) is 24.4. The Balaban J connectivity index is 3.53. The lowest BCUT2D eigenvalue weighted by Gasteiger charge is -2.21. The van der Waals surface area contributed by atoms with Crippen LogP contribution in [0, 0.1) is 0 Å². The summed E-state index contributed by atoms with van der Waals surface area (Å²) in [7, 11) is 0. The highest BCUT2D eigenvalue weighted by Crippen LogP contribution is 2.09. The minimum atomic E-state index is -0.0660. The number of ether oxygens (including phenoxy) is 1. The van der Waals surface area contributed by atoms with Crippen LogP contribution in [0.1, 0.15) is 123 Å². The molecule has 0 heterocycles. The number of aliphatic hydroxyl groups is 1. The van der Waals surface area contributed by atoms with E-state index in [0.29, 0.717) is 13.0 Å². The predicted molar refractivity (Wildman–Crippen MR) is 133 cm³/mol. The maximum Gasteiger partial charge on any atom is 0.306 e. The average Bonchev–Trinajstić information content (AvgIpc) is 2.77. The molecule has 0 aliphatic carbocycles. The van der Waals surface area contributed by atoms with Crippen LogP contribution in [-0.4, -0.2) is 48.8 Å². The first kappa shape index (κ1) is 30.1. The number of allylic oxidation sites excluding steroid dienone is 1. The quantitative estimate of drug-likeness (QED) is 0.0994. The van der Waals surface area contributed by atoms with Crippen molar-refractivity contribution in [3.05, 3.63) is 12.2 Å². The van der Waals surface area contributed by atoms with Crippen molar-refractivity contribution in [2.45, 2.75) is 123 Å². The van der Waals surface area contributed by atoms with Crippen LogP contribution in [0.4, 0.5) is 0 Å². The lowest BCUT2D eigenvalue weighted by atomic mass is 10.1. The maximum absolute atomic E-state index is 11.8. The summed E-state index contributed by atoms with van der Waals surface area (Å²) < 4.78 is 5.27. The van der Waals surface area contributed by atoms with Crippen molar-refractivity contribution in [3.63, 3.8) is 0 Å². The molecule has 0 spiro atoms. The van der Waals surface area contributed by atoms with Gasteiger partial charge < -0.3 is 14.7 Å². The predicted octanol–water partition coefficient (Wildman–Crippen LogP) is 7.05. The fraction of sp³-hybridized carbons (Fsp3) is 0.889. The molecule has 0 rings (SSSR count). The number of rotatable bonds is 24. The number of aliphatic hydroxyl groups excluding tert-OH is 1. The fourth-order valence-corrected chi connectivity index (χ4v) is 3.82. The molecular formula is C27H53NO3. The zero-order chi connectivity index (χ0) is 22.8. The van der Waals surface area contributed by atoms with Gasteiger partial charge in [0.1, 0.15) is 6.61 Å². The van der Waals surface area contributed by atoms with Crippen LogP contribution in [0.2, 0.25) is 0 Å². The van der Waals surface area contributed by atoms with Crippen molar-refractivity contribution in [1.82, 2.24) is 4.90 Å². The summed E-state index contributed by atoms with van der Waals surface area (Å²) in [6, 6.07) is 0. The normalized spacial score (nSPS) is 11.6. The number of hydrogen-bond acceptors (Lipinski definition) is 4. The van der Waals surface area contributed by atoms with Crippen molar-refractivity contribution in [3.8, 4) is 0 Å². The van der Waals surface area contributed by atoms with Crippen LogP contribution in [-0.2, 0) is 9.53 Å². The number of hydrogen-bond donors (Lipinski definition) is 1. The van der Waals surface area contributed by atoms with Crippen LogP contribution in [0.25, 0.3) is 0 Å². The van der Waals surface area contributed by atoms with Crippen LogP contribution in [0.3, 0.4) is 0 Å². The molecule has 0 aliphatic rings. The van der Waals surface area contributed by atoms with Crippen LogP contribution in [0.15, 0.2) is 12.2 Å². The van der Waals surface area contributed by atoms with E-state index in [4.69, 9.17) is 4.74 Å². The van der Waals surface area contributed by atoms with Crippen LogP contribution < -0.4 is 0 Å². The topological polar surface area (TPSA) is 49.8 Å². The highest BCUT2D eigenvalue weighted by Gasteiger charge is 2.05. The van der Waals surface area contributed by atoms with Crippen LogP contribution in [0.5, 0.6) is 0 Å². The van der Waals surface area contributed by atoms with E-state index >= 15 is 0 Å². The van der Waals surface area contributed by atoms with E-state index in [1.165, 1.54) is 83.5 Å². The van der Waals surface area contributed by atoms with Crippen molar-refractivity contribution >= 4 is 5.97 Å². The van der Waals surface area contributed by atoms with Gasteiger partial charge in [0.15, 0.2) is 0 Å². The highest BCUT2D eigenvalue weighted by molar-refractivity contribution is 5.69. The third-order valence-corrected chi connectivity index (χ3v) is 5.83. The smallest absolute Gasteiger partial charge is 0.306 e. The zero-order valence-corrected chi connectivity index (χ0v) is 20.9. The number of carbonyl (C=O) groups is 1. The average molecular weight is 440 g/mol. The number of esters is 1. The Morgan fingerprint density at radius 1 is 0.710 bits per heavy atom. The summed E-state index contributed by atoms with van der Waals surface area (Å²) in [6.45, 7) is 8.16. The summed E-state index contributed by atoms with van der Waals surface area (Å²) in [5.74, 6) is -0.0660. The molecule has 0 unspecified atom stereocenters. The molecule has 0 radical (unpaired) electrons. The Morgan fingerprint density at radius 2 is 1.26 bits per heavy atom. The molecule has 31 heavy (non-hydrogen) atoms. The van der Waals surface area contributed by atoms with Crippen molar-refractivity contribution in [2.24, 2.45) is 0 Å². The first-order valence-corrected chi connectivity index (χ1v) is 13.4. The Morgan fingerprint density at radius 3 is 1.87 bits per heavy atom. The third-order valence-electron chi connectivity index (χ3n) is 5.83. The maximum atomic E-state index is 11.8. The van der Waals surface area contributed by atoms with Gasteiger partial charge in [0.05, 0.1) is 6.61 Å². The molecule has 0 saturated carbocycles. The standard InChI is InChI=1S/C27H53NO3/c1-3-5-7-9-11-16-20-26-31-27(30)21-17-13-12-15-19-23-28(24-25-29)22-18-14-10-8-6-4-2/h16,20,29H,3-15,17-19,21-26H2,1-2H3/b20-16-. The van der Waals surface area contributed by atoms with Gasteiger partial charge in [-0.25, -0.2) is 0 Å². The summed E-state index contributed by atoms with van der Waals surface area (Å²) in [4.78, 5) is 14.2. The van der Waals surface area contributed by atoms with E-state index in [9.17, 15) is 9.90 Å². The molecule has 0 atom stereocenters. The van der Waals surface area contributed by atoms with Crippen molar-refractivity contribution in [2.75, 3.05) is 32.8 Å². The molecule has 0 aromatic rings. The van der Waals surface area contributed by atoms with Crippen LogP contribution >= 0.6 is 0 Å². The van der Waals surface area contributed by atoms with Gasteiger partial charge in [-0.15, -0.1) is 0 Å². The largest absolute Gasteiger partial charge is 0.461 e. The Hall–Kier alpha value is -0.870. The second-order valence-electron chi connectivity index (χ2n) is 8.85. The Bertz CT molecular complexity index is 398. The van der Waals surface area contributed by atoms with E-state index in [1.807, 2.05) is 6.08 Å². The second-order valence-corrected chi connectivity index (χ2v) is 8.85. The van der Waals surface area contributed by atoms with Gasteiger partial charge in [-0.2, -0.15) is 0 Å². The van der Waals surface area contributed by atoms with E-state index < -0.39 is 0 Å². The Labute approximate surface area is 193 Å². The van der Waals surface area contributed by atoms with Gasteiger partial charge in [0.2, 0.25) is 0 Å². The molecule has 4 heteroatoms. The van der Waals surface area contributed by atoms with Gasteiger partial charge in [-0.3, -0.25) is 4.79 Å². The van der Waals surface area contributed by atoms with E-state index in [0.717, 1.165) is 38.9 Å². The second kappa shape index (κ2) is 25.4. The van der Waals surface area contributed by atoms with Gasteiger partial charge in [0, 0.05) is 13.0 Å². The van der Waals surface area contributed by atoms with Gasteiger partial charge in [-0.1, -0.05) is 96.6 Å². The highest BCUT2D eigenvalue weighted by atomic mass is 16.5. The minimum absolute atomic E-state index is 0.0660. The number of nitrogens with zero attached hydrogens (tertiary/aromatic N) is 1. The minimum Gasteiger partial charge on any atom is -0.461 e. The summed E-state index contributed by atoms with van der Waals surface area (Å²) in [5, 5.41) is 9.28. The monoisotopic (exact) mass is 439 g/mol. The summed E-state index contributed by atoms with van der Waals surface area (Å²) in [5.41, 5.74) is 0. The SMILES string of the molecule is CCCCCC/C=C\COC(=O)CCCCCCCN(CCO)CCCCCCCC. The lowest BCUT2D eigenvalue weighted by molar-refractivity contribution is -0.142. The molecule has 0 aromatic carbocycles. The van der Waals surface area contributed by atoms with Gasteiger partial charge >= 0.3 is 5.97 Å². The van der Waals surface area contributed by atoms with Gasteiger partial charge in [-0.05, 0) is 45.2 Å². The van der Waals surface area contributed by atoms with E-state index in [1.54, 1.807) is 0 Å². The first-order chi connectivity index (χ1) is 15.2. The zero-order valence-electron chi connectivity index (χ0n) is 20.9. The molecule has 1 N–H and O–H groups in total. The molecule has 0 aromatic heterocycles. The van der Waals surface area contributed by atoms with E-state index in [2.05, 4.69) is 24.8 Å². The lowest BCUT2D eigenvalue weighted by Crippen LogP contribution is -2.29. The van der Waals surface area contributed by atoms with Gasteiger partial charge in [0.25, 0.3) is 0 Å². The molecule has 0 amide bonds. The Kier molecular flexibility index (Phi) is 24.7. The summed E-state index contributed by atoms with van der Waals surface area (Å²) >= 11 is 0. The molecule has 184 valence electrons. The number of unbranched alkanes of at least 4 members (excludes halogenated alkanes) is 13. The molecule has 0 aliphatic heterocycles. The van der Waals surface area contributed by atoms with E-state index in [-0.39, 0.29) is 12.6 Å². The molecule has 0 fully saturated rings. The molecule has 4 nitrogen and oxygen atoms in total. The molecule has 0 bridgehead atoms. The molecule has 0 saturated heterocycles. The molecular weight excluding hydrogens is 386 g/mol.